The van der Waals surface area contributed by atoms with Gasteiger partial charge in [0.1, 0.15) is 17.6 Å². The molecule has 0 bridgehead atoms. The lowest BCUT2D eigenvalue weighted by Gasteiger charge is -1.93. The van der Waals surface area contributed by atoms with Crippen molar-refractivity contribution in [2.45, 2.75) is 6.92 Å². The third kappa shape index (κ3) is 2.80. The third-order valence-corrected chi connectivity index (χ3v) is 4.35. The highest BCUT2D eigenvalue weighted by Crippen LogP contribution is 2.32. The van der Waals surface area contributed by atoms with Gasteiger partial charge in [-0.25, -0.2) is 4.39 Å². The van der Waals surface area contributed by atoms with Crippen LogP contribution in [0, 0.1) is 24.1 Å². The molecule has 0 saturated carbocycles. The molecular weight excluding hydrogens is 299 g/mol. The van der Waals surface area contributed by atoms with Crippen molar-refractivity contribution in [2.24, 2.45) is 0 Å². The van der Waals surface area contributed by atoms with Crippen molar-refractivity contribution in [3.05, 3.63) is 57.8 Å². The Kier molecular flexibility index (Phi) is 3.81. The van der Waals surface area contributed by atoms with Crippen molar-refractivity contribution >= 4 is 23.5 Å². The number of nitriles is 1. The number of thiophene rings is 1. The highest BCUT2D eigenvalue weighted by atomic mass is 32.1. The van der Waals surface area contributed by atoms with Gasteiger partial charge < -0.3 is 0 Å². The number of hydrogen-bond acceptors (Lipinski definition) is 4. The number of nitrogens with zero attached hydrogens (tertiary/aromatic N) is 3. The molecule has 1 aromatic carbocycles. The van der Waals surface area contributed by atoms with Crippen LogP contribution >= 0.6 is 11.3 Å². The van der Waals surface area contributed by atoms with E-state index in [2.05, 4.69) is 15.4 Å². The Balaban J connectivity index is 1.90. The molecule has 0 spiro atoms. The van der Waals surface area contributed by atoms with Crippen LogP contribution in [0.25, 0.3) is 22.7 Å². The number of H-pyrrole nitrogens is 1. The molecule has 0 aliphatic carbocycles. The van der Waals surface area contributed by atoms with Crippen LogP contribution in [0.3, 0.4) is 0 Å². The summed E-state index contributed by atoms with van der Waals surface area (Å²) in [5.41, 5.74) is 2.87. The largest absolute Gasteiger partial charge is 0.207 e. The van der Waals surface area contributed by atoms with Crippen LogP contribution < -0.4 is 0 Å². The predicted octanol–water partition coefficient (Wildman–Crippen LogP) is 4.02. The predicted molar refractivity (Wildman–Crippen MR) is 84.5 cm³/mol. The Bertz CT molecular complexity index is 868. The molecule has 4 nitrogen and oxygen atoms in total. The minimum absolute atomic E-state index is 0.248. The standard InChI is InChI=1S/C16H11FN4S/c1-10-8-15(16-13(9-18)19-21-20-16)22-14(10)7-4-11-2-5-12(17)6-3-11/h2-8H,1H3,(H,19,20,21)/b7-4+. The molecule has 0 aliphatic heterocycles. The highest BCUT2D eigenvalue weighted by Gasteiger charge is 2.13. The van der Waals surface area contributed by atoms with Gasteiger partial charge in [0.15, 0.2) is 5.69 Å². The van der Waals surface area contributed by atoms with Crippen LogP contribution in [0.15, 0.2) is 30.3 Å². The van der Waals surface area contributed by atoms with Crippen LogP contribution in [-0.2, 0) is 0 Å². The van der Waals surface area contributed by atoms with Crippen molar-refractivity contribution in [3.8, 4) is 16.6 Å². The summed E-state index contributed by atoms with van der Waals surface area (Å²) in [6.07, 6.45) is 3.90. The number of hydrogen-bond donors (Lipinski definition) is 1. The summed E-state index contributed by atoms with van der Waals surface area (Å²) < 4.78 is 12.9. The summed E-state index contributed by atoms with van der Waals surface area (Å²) in [6, 6.07) is 10.3. The number of aromatic amines is 1. The summed E-state index contributed by atoms with van der Waals surface area (Å²) in [4.78, 5) is 1.95. The maximum Gasteiger partial charge on any atom is 0.191 e. The lowest BCUT2D eigenvalue weighted by molar-refractivity contribution is 0.628. The smallest absolute Gasteiger partial charge is 0.191 e. The van der Waals surface area contributed by atoms with Gasteiger partial charge in [-0.3, -0.25) is 0 Å². The number of nitrogens with one attached hydrogen (secondary N) is 1. The van der Waals surface area contributed by atoms with E-state index in [0.717, 1.165) is 20.9 Å². The molecule has 3 rings (SSSR count). The molecular formula is C16H11FN4S. The minimum atomic E-state index is -0.248. The van der Waals surface area contributed by atoms with Gasteiger partial charge in [-0.15, -0.1) is 16.4 Å². The molecule has 0 atom stereocenters. The van der Waals surface area contributed by atoms with E-state index in [9.17, 15) is 4.39 Å². The minimum Gasteiger partial charge on any atom is -0.207 e. The van der Waals surface area contributed by atoms with Crippen LogP contribution in [0.1, 0.15) is 21.7 Å². The fraction of sp³-hybridized carbons (Fsp3) is 0.0625. The van der Waals surface area contributed by atoms with E-state index in [1.54, 1.807) is 12.1 Å². The lowest BCUT2D eigenvalue weighted by atomic mass is 10.2. The van der Waals surface area contributed by atoms with Crippen LogP contribution in [0.5, 0.6) is 0 Å². The van der Waals surface area contributed by atoms with E-state index in [1.807, 2.05) is 31.2 Å². The first-order valence-corrected chi connectivity index (χ1v) is 7.34. The van der Waals surface area contributed by atoms with E-state index >= 15 is 0 Å². The second kappa shape index (κ2) is 5.92. The Morgan fingerprint density at radius 3 is 2.73 bits per heavy atom. The van der Waals surface area contributed by atoms with E-state index in [-0.39, 0.29) is 11.5 Å². The molecule has 22 heavy (non-hydrogen) atoms. The van der Waals surface area contributed by atoms with Crippen molar-refractivity contribution < 1.29 is 4.39 Å². The van der Waals surface area contributed by atoms with Crippen molar-refractivity contribution in [3.63, 3.8) is 0 Å². The Hall–Kier alpha value is -2.78. The molecule has 3 aromatic rings. The van der Waals surface area contributed by atoms with Gasteiger partial charge in [0, 0.05) is 4.88 Å². The fourth-order valence-electron chi connectivity index (χ4n) is 2.00. The van der Waals surface area contributed by atoms with E-state index in [0.29, 0.717) is 5.69 Å². The quantitative estimate of drug-likeness (QED) is 0.794. The zero-order valence-corrected chi connectivity index (χ0v) is 12.5. The van der Waals surface area contributed by atoms with Gasteiger partial charge >= 0.3 is 0 Å². The van der Waals surface area contributed by atoms with Crippen LogP contribution in [0.2, 0.25) is 0 Å². The second-order valence-corrected chi connectivity index (χ2v) is 5.76. The Labute approximate surface area is 130 Å². The lowest BCUT2D eigenvalue weighted by Crippen LogP contribution is -1.77. The summed E-state index contributed by atoms with van der Waals surface area (Å²) in [5, 5.41) is 19.3. The van der Waals surface area contributed by atoms with Crippen LogP contribution in [0.4, 0.5) is 4.39 Å². The first-order valence-electron chi connectivity index (χ1n) is 6.52. The van der Waals surface area contributed by atoms with E-state index < -0.39 is 0 Å². The molecule has 108 valence electrons. The van der Waals surface area contributed by atoms with Gasteiger partial charge in [0.05, 0.1) is 4.88 Å². The summed E-state index contributed by atoms with van der Waals surface area (Å²) in [6.45, 7) is 2.00. The van der Waals surface area contributed by atoms with Gasteiger partial charge in [-0.05, 0) is 42.3 Å². The van der Waals surface area contributed by atoms with Crippen molar-refractivity contribution in [1.82, 2.24) is 15.4 Å². The normalized spacial score (nSPS) is 11.0. The summed E-state index contributed by atoms with van der Waals surface area (Å²) in [5.74, 6) is -0.248. The molecule has 0 unspecified atom stereocenters. The second-order valence-electron chi connectivity index (χ2n) is 4.68. The van der Waals surface area contributed by atoms with Gasteiger partial charge in [-0.1, -0.05) is 18.2 Å². The number of halogens is 1. The number of rotatable bonds is 3. The zero-order valence-electron chi connectivity index (χ0n) is 11.7. The molecule has 0 fully saturated rings. The monoisotopic (exact) mass is 310 g/mol. The Morgan fingerprint density at radius 1 is 1.23 bits per heavy atom. The average molecular weight is 310 g/mol. The topological polar surface area (TPSA) is 65.4 Å². The molecule has 0 amide bonds. The fourth-order valence-corrected chi connectivity index (χ4v) is 3.07. The number of benzene rings is 1. The van der Waals surface area contributed by atoms with Gasteiger partial charge in [0.2, 0.25) is 0 Å². The average Bonchev–Trinajstić information content (AvgIpc) is 3.13. The molecule has 2 heterocycles. The zero-order chi connectivity index (χ0) is 15.5. The first-order chi connectivity index (χ1) is 10.7. The molecule has 1 N–H and O–H groups in total. The molecule has 0 radical (unpaired) electrons. The van der Waals surface area contributed by atoms with E-state index in [1.165, 1.54) is 23.5 Å². The Morgan fingerprint density at radius 2 is 2.00 bits per heavy atom. The maximum atomic E-state index is 12.9. The summed E-state index contributed by atoms with van der Waals surface area (Å²) >= 11 is 1.53. The first kappa shape index (κ1) is 14.2. The molecule has 0 aliphatic rings. The molecule has 0 saturated heterocycles. The SMILES string of the molecule is Cc1cc(-c2n[nH]nc2C#N)sc1/C=C/c1ccc(F)cc1. The van der Waals surface area contributed by atoms with E-state index in [4.69, 9.17) is 5.26 Å². The van der Waals surface area contributed by atoms with Crippen molar-refractivity contribution in [1.29, 1.82) is 5.26 Å². The highest BCUT2D eigenvalue weighted by molar-refractivity contribution is 7.16. The number of aryl methyl sites for hydroxylation is 1. The maximum absolute atomic E-state index is 12.9. The number of aromatic nitrogens is 3. The van der Waals surface area contributed by atoms with Crippen molar-refractivity contribution in [2.75, 3.05) is 0 Å². The third-order valence-electron chi connectivity index (χ3n) is 3.14. The molecule has 6 heteroatoms. The summed E-state index contributed by atoms with van der Waals surface area (Å²) in [7, 11) is 0. The molecule has 2 aromatic heterocycles. The van der Waals surface area contributed by atoms with Crippen LogP contribution in [-0.4, -0.2) is 15.4 Å². The van der Waals surface area contributed by atoms with Gasteiger partial charge in [-0.2, -0.15) is 15.6 Å². The van der Waals surface area contributed by atoms with Gasteiger partial charge in [0.25, 0.3) is 0 Å².